The fraction of sp³-hybridized carbons (Fsp3) is 0.227. The molecule has 7 nitrogen and oxygen atoms in total. The van der Waals surface area contributed by atoms with E-state index >= 15 is 0 Å². The number of sulfonamides is 1. The summed E-state index contributed by atoms with van der Waals surface area (Å²) in [6.45, 7) is 0.134. The summed E-state index contributed by atoms with van der Waals surface area (Å²) < 4.78 is 39.2. The van der Waals surface area contributed by atoms with Gasteiger partial charge in [0.15, 0.2) is 11.5 Å². The molecular weight excluding hydrogens is 436 g/mol. The van der Waals surface area contributed by atoms with Crippen molar-refractivity contribution >= 4 is 44.2 Å². The minimum absolute atomic E-state index is 0.122. The minimum atomic E-state index is -3.89. The van der Waals surface area contributed by atoms with Gasteiger partial charge in [-0.15, -0.1) is 0 Å². The number of hydrogen-bond donors (Lipinski definition) is 2. The van der Waals surface area contributed by atoms with Crippen LogP contribution in [0.2, 0.25) is 0 Å². The zero-order valence-electron chi connectivity index (χ0n) is 16.8. The van der Waals surface area contributed by atoms with Crippen molar-refractivity contribution in [3.8, 4) is 11.5 Å². The van der Waals surface area contributed by atoms with Crippen molar-refractivity contribution < 1.29 is 22.7 Å². The van der Waals surface area contributed by atoms with Gasteiger partial charge in [-0.05, 0) is 53.5 Å². The van der Waals surface area contributed by atoms with Gasteiger partial charge < -0.3 is 14.8 Å². The van der Waals surface area contributed by atoms with Crippen molar-refractivity contribution in [3.63, 3.8) is 0 Å². The number of nitrogens with one attached hydrogen (secondary N) is 2. The first kappa shape index (κ1) is 21.5. The van der Waals surface area contributed by atoms with Gasteiger partial charge in [0.25, 0.3) is 0 Å². The van der Waals surface area contributed by atoms with Gasteiger partial charge in [0.1, 0.15) is 6.04 Å². The van der Waals surface area contributed by atoms with E-state index in [1.54, 1.807) is 48.2 Å². The Balaban J connectivity index is 1.54. The highest BCUT2D eigenvalue weighted by atomic mass is 32.2. The predicted octanol–water partition coefficient (Wildman–Crippen LogP) is 3.61. The highest BCUT2D eigenvalue weighted by Gasteiger charge is 2.26. The summed E-state index contributed by atoms with van der Waals surface area (Å²) in [5, 5.41) is 4.53. The Kier molecular flexibility index (Phi) is 6.35. The summed E-state index contributed by atoms with van der Waals surface area (Å²) in [6.07, 6.45) is 2.26. The third-order valence-electron chi connectivity index (χ3n) is 4.90. The summed E-state index contributed by atoms with van der Waals surface area (Å²) in [4.78, 5) is 13.0. The maximum absolute atomic E-state index is 13.0. The van der Waals surface area contributed by atoms with Gasteiger partial charge in [0.2, 0.25) is 22.7 Å². The molecule has 0 radical (unpaired) electrons. The smallest absolute Gasteiger partial charge is 0.242 e. The lowest BCUT2D eigenvalue weighted by molar-refractivity contribution is -0.117. The van der Waals surface area contributed by atoms with E-state index in [2.05, 4.69) is 10.0 Å². The number of anilines is 1. The molecule has 3 aromatic carbocycles. The van der Waals surface area contributed by atoms with E-state index in [1.165, 1.54) is 0 Å². The first-order valence-corrected chi connectivity index (χ1v) is 12.5. The average molecular weight is 459 g/mol. The maximum atomic E-state index is 13.0. The third-order valence-corrected chi connectivity index (χ3v) is 7.01. The van der Waals surface area contributed by atoms with Crippen LogP contribution in [0.15, 0.2) is 65.6 Å². The zero-order chi connectivity index (χ0) is 21.8. The van der Waals surface area contributed by atoms with Crippen LogP contribution in [-0.4, -0.2) is 39.2 Å². The third kappa shape index (κ3) is 4.95. The SMILES string of the molecule is CSCC[C@@H](NS(=O)(=O)c1ccc2ccccc2c1)C(=O)Nc1ccc2c(c1)OCO2. The van der Waals surface area contributed by atoms with Crippen molar-refractivity contribution in [3.05, 3.63) is 60.7 Å². The van der Waals surface area contributed by atoms with Crippen LogP contribution in [0.25, 0.3) is 10.8 Å². The van der Waals surface area contributed by atoms with Crippen LogP contribution in [0, 0.1) is 0 Å². The Morgan fingerprint density at radius 3 is 2.61 bits per heavy atom. The van der Waals surface area contributed by atoms with Crippen molar-refractivity contribution in [1.29, 1.82) is 0 Å². The second-order valence-corrected chi connectivity index (χ2v) is 9.72. The second kappa shape index (κ2) is 9.17. The quantitative estimate of drug-likeness (QED) is 0.536. The molecule has 4 rings (SSSR count). The Hall–Kier alpha value is -2.75. The van der Waals surface area contributed by atoms with Crippen molar-refractivity contribution in [2.45, 2.75) is 17.4 Å². The normalized spacial score (nSPS) is 13.8. The highest BCUT2D eigenvalue weighted by Crippen LogP contribution is 2.34. The van der Waals surface area contributed by atoms with Gasteiger partial charge in [-0.25, -0.2) is 8.42 Å². The summed E-state index contributed by atoms with van der Waals surface area (Å²) >= 11 is 1.54. The molecule has 3 aromatic rings. The monoisotopic (exact) mass is 458 g/mol. The molecule has 1 heterocycles. The van der Waals surface area contributed by atoms with Crippen LogP contribution in [-0.2, 0) is 14.8 Å². The summed E-state index contributed by atoms with van der Waals surface area (Å²) in [5.41, 5.74) is 0.508. The molecule has 31 heavy (non-hydrogen) atoms. The molecule has 0 fully saturated rings. The van der Waals surface area contributed by atoms with E-state index in [0.717, 1.165) is 10.8 Å². The van der Waals surface area contributed by atoms with Gasteiger partial charge in [0, 0.05) is 11.8 Å². The standard InChI is InChI=1S/C22H22N2O5S2/c1-30-11-10-19(22(25)23-17-7-9-20-21(13-17)29-14-28-20)24-31(26,27)18-8-6-15-4-2-3-5-16(15)12-18/h2-9,12-13,19,24H,10-11,14H2,1H3,(H,23,25)/t19-/m1/s1. The summed E-state index contributed by atoms with van der Waals surface area (Å²) in [7, 11) is -3.89. The molecular formula is C22H22N2O5S2. The molecule has 162 valence electrons. The molecule has 0 bridgehead atoms. The Labute approximate surface area is 185 Å². The molecule has 0 saturated heterocycles. The first-order valence-electron chi connectivity index (χ1n) is 9.67. The zero-order valence-corrected chi connectivity index (χ0v) is 18.5. The van der Waals surface area contributed by atoms with E-state index in [9.17, 15) is 13.2 Å². The van der Waals surface area contributed by atoms with Crippen molar-refractivity contribution in [1.82, 2.24) is 4.72 Å². The van der Waals surface area contributed by atoms with Gasteiger partial charge >= 0.3 is 0 Å². The molecule has 0 unspecified atom stereocenters. The number of fused-ring (bicyclic) bond motifs is 2. The van der Waals surface area contributed by atoms with Crippen LogP contribution in [0.4, 0.5) is 5.69 Å². The van der Waals surface area contributed by atoms with Crippen LogP contribution in [0.5, 0.6) is 11.5 Å². The first-order chi connectivity index (χ1) is 15.0. The largest absolute Gasteiger partial charge is 0.454 e. The van der Waals surface area contributed by atoms with E-state index in [4.69, 9.17) is 9.47 Å². The van der Waals surface area contributed by atoms with Gasteiger partial charge in [-0.2, -0.15) is 16.5 Å². The molecule has 1 amide bonds. The van der Waals surface area contributed by atoms with Crippen LogP contribution >= 0.6 is 11.8 Å². The summed E-state index contributed by atoms with van der Waals surface area (Å²) in [6, 6.07) is 16.6. The lowest BCUT2D eigenvalue weighted by atomic mass is 10.1. The molecule has 1 aliphatic rings. The molecule has 0 aromatic heterocycles. The number of hydrogen-bond acceptors (Lipinski definition) is 6. The fourth-order valence-corrected chi connectivity index (χ4v) is 5.01. The van der Waals surface area contributed by atoms with E-state index in [0.29, 0.717) is 29.4 Å². The Morgan fingerprint density at radius 1 is 1.03 bits per heavy atom. The minimum Gasteiger partial charge on any atom is -0.454 e. The number of benzene rings is 3. The summed E-state index contributed by atoms with van der Waals surface area (Å²) in [5.74, 6) is 1.33. The number of ether oxygens (including phenoxy) is 2. The number of carbonyl (C=O) groups is 1. The number of rotatable bonds is 8. The lowest BCUT2D eigenvalue weighted by Crippen LogP contribution is -2.44. The molecule has 0 saturated carbocycles. The van der Waals surface area contributed by atoms with E-state index < -0.39 is 22.0 Å². The highest BCUT2D eigenvalue weighted by molar-refractivity contribution is 7.98. The van der Waals surface area contributed by atoms with Crippen LogP contribution < -0.4 is 19.5 Å². The number of amides is 1. The molecule has 1 aliphatic heterocycles. The predicted molar refractivity (Wildman–Crippen MR) is 122 cm³/mol. The Morgan fingerprint density at radius 2 is 1.81 bits per heavy atom. The maximum Gasteiger partial charge on any atom is 0.242 e. The van der Waals surface area contributed by atoms with Crippen molar-refractivity contribution in [2.75, 3.05) is 24.1 Å². The fourth-order valence-electron chi connectivity index (χ4n) is 3.27. The topological polar surface area (TPSA) is 93.7 Å². The molecule has 0 aliphatic carbocycles. The molecule has 9 heteroatoms. The lowest BCUT2D eigenvalue weighted by Gasteiger charge is -2.18. The van der Waals surface area contributed by atoms with Gasteiger partial charge in [-0.1, -0.05) is 30.3 Å². The average Bonchev–Trinajstić information content (AvgIpc) is 3.24. The molecule has 0 spiro atoms. The van der Waals surface area contributed by atoms with Crippen molar-refractivity contribution in [2.24, 2.45) is 0 Å². The van der Waals surface area contributed by atoms with Gasteiger partial charge in [0.05, 0.1) is 4.90 Å². The van der Waals surface area contributed by atoms with Gasteiger partial charge in [-0.3, -0.25) is 4.79 Å². The molecule has 2 N–H and O–H groups in total. The van der Waals surface area contributed by atoms with Crippen LogP contribution in [0.1, 0.15) is 6.42 Å². The Bertz CT molecular complexity index is 1210. The number of carbonyl (C=O) groups excluding carboxylic acids is 1. The molecule has 1 atom stereocenters. The number of thioether (sulfide) groups is 1. The second-order valence-electron chi connectivity index (χ2n) is 7.02. The van der Waals surface area contributed by atoms with E-state index in [-0.39, 0.29) is 11.7 Å². The van der Waals surface area contributed by atoms with Crippen LogP contribution in [0.3, 0.4) is 0 Å². The van der Waals surface area contributed by atoms with E-state index in [1.807, 2.05) is 30.5 Å².